The molecule has 0 spiro atoms. The predicted molar refractivity (Wildman–Crippen MR) is 169 cm³/mol. The molecule has 0 aromatic heterocycles. The Balaban J connectivity index is 1.64. The number of hydrogen-bond acceptors (Lipinski definition) is 9. The summed E-state index contributed by atoms with van der Waals surface area (Å²) >= 11 is 0. The average molecular weight is 613 g/mol. The maximum atomic E-state index is 11.8. The summed E-state index contributed by atoms with van der Waals surface area (Å²) in [4.78, 5) is 11.8. The van der Waals surface area contributed by atoms with Gasteiger partial charge in [-0.25, -0.2) is 4.79 Å². The lowest BCUT2D eigenvalue weighted by molar-refractivity contribution is -0.0223. The second-order valence-corrected chi connectivity index (χ2v) is 10.3. The topological polar surface area (TPSA) is 90.9 Å². The average Bonchev–Trinajstić information content (AvgIpc) is 3.03. The van der Waals surface area contributed by atoms with Crippen molar-refractivity contribution in [1.82, 2.24) is 0 Å². The molecule has 9 heteroatoms. The molecule has 9 nitrogen and oxygen atoms in total. The zero-order chi connectivity index (χ0) is 30.7. The van der Waals surface area contributed by atoms with Crippen LogP contribution in [0.4, 0.5) is 0 Å². The van der Waals surface area contributed by atoms with Crippen LogP contribution in [0.15, 0.2) is 30.3 Å². The summed E-state index contributed by atoms with van der Waals surface area (Å²) in [6, 6.07) is 8.89. The summed E-state index contributed by atoms with van der Waals surface area (Å²) < 4.78 is 43.6. The van der Waals surface area contributed by atoms with E-state index in [9.17, 15) is 4.79 Å². The third kappa shape index (κ3) is 28.9. The van der Waals surface area contributed by atoms with Gasteiger partial charge in [0.25, 0.3) is 0 Å². The third-order valence-corrected chi connectivity index (χ3v) is 6.59. The van der Waals surface area contributed by atoms with Crippen molar-refractivity contribution in [1.29, 1.82) is 0 Å². The monoisotopic (exact) mass is 612 g/mol. The summed E-state index contributed by atoms with van der Waals surface area (Å²) in [7, 11) is 0. The van der Waals surface area contributed by atoms with Crippen LogP contribution in [0.3, 0.4) is 0 Å². The van der Waals surface area contributed by atoms with Gasteiger partial charge in [0, 0.05) is 6.61 Å². The van der Waals surface area contributed by atoms with Crippen molar-refractivity contribution in [2.24, 2.45) is 0 Å². The zero-order valence-electron chi connectivity index (χ0n) is 26.9. The van der Waals surface area contributed by atoms with Crippen LogP contribution in [0.5, 0.6) is 0 Å². The molecule has 250 valence electrons. The zero-order valence-corrected chi connectivity index (χ0v) is 26.9. The standard InChI is InChI=1S/C34H60O9/c1-2-3-4-5-6-7-8-9-10-11-15-18-36-19-20-37-21-22-38-23-24-39-25-26-40-27-28-41-29-30-42-31-32-43-34(35)33-16-13-12-14-17-33/h12-14,16-17H,2-11,15,18-32H2,1H3. The Bertz CT molecular complexity index is 690. The van der Waals surface area contributed by atoms with Crippen LogP contribution in [0, 0.1) is 0 Å². The molecule has 0 saturated heterocycles. The van der Waals surface area contributed by atoms with Gasteiger partial charge in [-0.2, -0.15) is 0 Å². The van der Waals surface area contributed by atoms with Crippen molar-refractivity contribution in [2.75, 3.05) is 99.1 Å². The third-order valence-electron chi connectivity index (χ3n) is 6.59. The Morgan fingerprint density at radius 3 is 1.14 bits per heavy atom. The van der Waals surface area contributed by atoms with Gasteiger partial charge in [-0.05, 0) is 18.6 Å². The van der Waals surface area contributed by atoms with Gasteiger partial charge in [-0.1, -0.05) is 89.3 Å². The summed E-state index contributed by atoms with van der Waals surface area (Å²) in [6.45, 7) is 9.99. The van der Waals surface area contributed by atoms with E-state index >= 15 is 0 Å². The molecule has 1 aromatic carbocycles. The number of hydrogen-bond donors (Lipinski definition) is 0. The smallest absolute Gasteiger partial charge is 0.338 e. The largest absolute Gasteiger partial charge is 0.460 e. The normalized spacial score (nSPS) is 11.3. The quantitative estimate of drug-likeness (QED) is 0.0660. The highest BCUT2D eigenvalue weighted by Gasteiger charge is 2.05. The van der Waals surface area contributed by atoms with Crippen molar-refractivity contribution in [3.8, 4) is 0 Å². The molecule has 0 bridgehead atoms. The van der Waals surface area contributed by atoms with Crippen LogP contribution in [0.25, 0.3) is 0 Å². The molecule has 1 rings (SSSR count). The highest BCUT2D eigenvalue weighted by Crippen LogP contribution is 2.11. The van der Waals surface area contributed by atoms with E-state index in [0.717, 1.165) is 13.0 Å². The van der Waals surface area contributed by atoms with Crippen molar-refractivity contribution >= 4 is 5.97 Å². The minimum atomic E-state index is -0.347. The molecule has 0 saturated carbocycles. The Morgan fingerprint density at radius 1 is 0.419 bits per heavy atom. The first kappa shape index (κ1) is 39.4. The number of unbranched alkanes of at least 4 members (excludes halogenated alkanes) is 10. The van der Waals surface area contributed by atoms with E-state index in [1.54, 1.807) is 24.3 Å². The number of rotatable bonds is 34. The highest BCUT2D eigenvalue weighted by atomic mass is 16.6. The van der Waals surface area contributed by atoms with E-state index in [4.69, 9.17) is 37.9 Å². The Morgan fingerprint density at radius 2 is 0.744 bits per heavy atom. The lowest BCUT2D eigenvalue weighted by atomic mass is 10.1. The first-order valence-corrected chi connectivity index (χ1v) is 16.6. The lowest BCUT2D eigenvalue weighted by Gasteiger charge is -2.09. The lowest BCUT2D eigenvalue weighted by Crippen LogP contribution is -2.15. The molecule has 43 heavy (non-hydrogen) atoms. The summed E-state index contributed by atoms with van der Waals surface area (Å²) in [6.07, 6.45) is 14.9. The number of benzene rings is 1. The van der Waals surface area contributed by atoms with Gasteiger partial charge in [0.05, 0.1) is 91.5 Å². The first-order valence-electron chi connectivity index (χ1n) is 16.6. The van der Waals surface area contributed by atoms with Gasteiger partial charge >= 0.3 is 5.97 Å². The minimum absolute atomic E-state index is 0.213. The van der Waals surface area contributed by atoms with Crippen molar-refractivity contribution in [3.63, 3.8) is 0 Å². The molecular weight excluding hydrogens is 552 g/mol. The Kier molecular flexibility index (Phi) is 30.5. The van der Waals surface area contributed by atoms with Gasteiger partial charge in [0.1, 0.15) is 6.61 Å². The molecule has 0 fully saturated rings. The van der Waals surface area contributed by atoms with Gasteiger partial charge in [0.15, 0.2) is 0 Å². The summed E-state index contributed by atoms with van der Waals surface area (Å²) in [5.74, 6) is -0.347. The van der Waals surface area contributed by atoms with Crippen LogP contribution in [-0.2, 0) is 37.9 Å². The van der Waals surface area contributed by atoms with Crippen LogP contribution >= 0.6 is 0 Å². The number of ether oxygens (including phenoxy) is 8. The van der Waals surface area contributed by atoms with Crippen molar-refractivity contribution in [3.05, 3.63) is 35.9 Å². The highest BCUT2D eigenvalue weighted by molar-refractivity contribution is 5.89. The molecule has 0 aliphatic carbocycles. The molecule has 0 atom stereocenters. The SMILES string of the molecule is CCCCCCCCCCCCCOCCOCCOCCOCCOCCOCCOCCOC(=O)c1ccccc1. The fourth-order valence-corrected chi connectivity index (χ4v) is 4.14. The molecule has 0 unspecified atom stereocenters. The van der Waals surface area contributed by atoms with Crippen LogP contribution in [0.2, 0.25) is 0 Å². The number of esters is 1. The van der Waals surface area contributed by atoms with Crippen LogP contribution < -0.4 is 0 Å². The van der Waals surface area contributed by atoms with E-state index in [1.165, 1.54) is 64.2 Å². The molecule has 0 aliphatic rings. The maximum Gasteiger partial charge on any atom is 0.338 e. The fourth-order valence-electron chi connectivity index (χ4n) is 4.14. The Labute approximate surface area is 261 Å². The molecule has 1 aromatic rings. The number of carbonyl (C=O) groups excluding carboxylic acids is 1. The van der Waals surface area contributed by atoms with Crippen LogP contribution in [-0.4, -0.2) is 105 Å². The summed E-state index contributed by atoms with van der Waals surface area (Å²) in [5, 5.41) is 0. The maximum absolute atomic E-state index is 11.8. The molecule has 0 radical (unpaired) electrons. The molecule has 0 amide bonds. The van der Waals surface area contributed by atoms with E-state index in [1.807, 2.05) is 6.07 Å². The van der Waals surface area contributed by atoms with Gasteiger partial charge in [-0.3, -0.25) is 0 Å². The fraction of sp³-hybridized carbons (Fsp3) is 0.794. The molecule has 0 aliphatic heterocycles. The minimum Gasteiger partial charge on any atom is -0.460 e. The van der Waals surface area contributed by atoms with Gasteiger partial charge in [-0.15, -0.1) is 0 Å². The van der Waals surface area contributed by atoms with E-state index in [-0.39, 0.29) is 12.6 Å². The second kappa shape index (κ2) is 33.3. The van der Waals surface area contributed by atoms with E-state index in [2.05, 4.69) is 6.92 Å². The van der Waals surface area contributed by atoms with Crippen LogP contribution in [0.1, 0.15) is 87.9 Å². The van der Waals surface area contributed by atoms with Gasteiger partial charge in [0.2, 0.25) is 0 Å². The van der Waals surface area contributed by atoms with Gasteiger partial charge < -0.3 is 37.9 Å². The predicted octanol–water partition coefficient (Wildman–Crippen LogP) is 6.27. The summed E-state index contributed by atoms with van der Waals surface area (Å²) in [5.41, 5.74) is 0.534. The van der Waals surface area contributed by atoms with Crippen molar-refractivity contribution in [2.45, 2.75) is 77.6 Å². The van der Waals surface area contributed by atoms with Crippen molar-refractivity contribution < 1.29 is 42.7 Å². The second-order valence-electron chi connectivity index (χ2n) is 10.3. The number of carbonyl (C=O) groups is 1. The molecular formula is C34H60O9. The first-order chi connectivity index (χ1) is 21.3. The molecule has 0 heterocycles. The molecule has 0 N–H and O–H groups in total. The van der Waals surface area contributed by atoms with E-state index in [0.29, 0.717) is 91.5 Å². The Hall–Kier alpha value is -1.59. The van der Waals surface area contributed by atoms with E-state index < -0.39 is 0 Å².